The van der Waals surface area contributed by atoms with E-state index in [1.165, 1.54) is 10.1 Å². The van der Waals surface area contributed by atoms with E-state index in [1.807, 2.05) is 25.1 Å². The first-order chi connectivity index (χ1) is 14.5. The van der Waals surface area contributed by atoms with Gasteiger partial charge in [0.1, 0.15) is 0 Å². The molecule has 3 rings (SSSR count). The van der Waals surface area contributed by atoms with E-state index in [9.17, 15) is 14.4 Å². The molecule has 1 unspecified atom stereocenters. The van der Waals surface area contributed by atoms with E-state index in [1.54, 1.807) is 24.3 Å². The van der Waals surface area contributed by atoms with E-state index < -0.39 is 0 Å². The quantitative estimate of drug-likeness (QED) is 0.505. The van der Waals surface area contributed by atoms with E-state index >= 15 is 0 Å². The monoisotopic (exact) mass is 407 g/mol. The molecule has 158 valence electrons. The van der Waals surface area contributed by atoms with Crippen molar-refractivity contribution in [3.05, 3.63) is 81.0 Å². The number of benzene rings is 2. The van der Waals surface area contributed by atoms with Gasteiger partial charge in [-0.05, 0) is 50.3 Å². The Labute approximate surface area is 176 Å². The highest BCUT2D eigenvalue weighted by molar-refractivity contribution is 5.77. The lowest BCUT2D eigenvalue weighted by molar-refractivity contribution is -0.121. The zero-order valence-corrected chi connectivity index (χ0v) is 17.4. The van der Waals surface area contributed by atoms with Gasteiger partial charge in [0.05, 0.1) is 10.9 Å². The molecule has 1 aromatic heterocycles. The zero-order chi connectivity index (χ0) is 21.3. The highest BCUT2D eigenvalue weighted by Crippen LogP contribution is 2.07. The molecule has 30 heavy (non-hydrogen) atoms. The maximum absolute atomic E-state index is 12.5. The van der Waals surface area contributed by atoms with E-state index in [4.69, 9.17) is 0 Å². The summed E-state index contributed by atoms with van der Waals surface area (Å²) in [5.74, 6) is 0.0521. The number of aromatic nitrogens is 2. The Bertz CT molecular complexity index is 1090. The number of nitrogens with zero attached hydrogens (tertiary/aromatic N) is 1. The number of rotatable bonds is 10. The summed E-state index contributed by atoms with van der Waals surface area (Å²) >= 11 is 0. The summed E-state index contributed by atoms with van der Waals surface area (Å²) in [6.07, 6.45) is 4.50. The summed E-state index contributed by atoms with van der Waals surface area (Å²) in [5.41, 5.74) is 1.18. The first kappa shape index (κ1) is 21.6. The molecule has 1 atom stereocenters. The average molecular weight is 408 g/mol. The lowest BCUT2D eigenvalue weighted by Gasteiger charge is -2.14. The zero-order valence-electron chi connectivity index (χ0n) is 17.4. The molecule has 0 saturated heterocycles. The molecule has 2 aromatic carbocycles. The number of aryl methyl sites for hydroxylation is 1. The third-order valence-corrected chi connectivity index (χ3v) is 5.29. The second-order valence-electron chi connectivity index (χ2n) is 7.74. The molecule has 2 N–H and O–H groups in total. The molecule has 1 amide bonds. The molecule has 1 heterocycles. The number of fused-ring (bicyclic) bond motifs is 1. The third kappa shape index (κ3) is 5.92. The summed E-state index contributed by atoms with van der Waals surface area (Å²) in [6, 6.07) is 17.4. The Morgan fingerprint density at radius 3 is 2.53 bits per heavy atom. The van der Waals surface area contributed by atoms with Crippen molar-refractivity contribution in [2.45, 2.75) is 58.0 Å². The largest absolute Gasteiger partial charge is 0.354 e. The molecular weight excluding hydrogens is 378 g/mol. The van der Waals surface area contributed by atoms with Gasteiger partial charge in [-0.25, -0.2) is 4.79 Å². The molecular formula is C24H29N3O3. The summed E-state index contributed by atoms with van der Waals surface area (Å²) in [7, 11) is 0. The summed E-state index contributed by atoms with van der Waals surface area (Å²) in [4.78, 5) is 39.5. The molecule has 6 nitrogen and oxygen atoms in total. The van der Waals surface area contributed by atoms with E-state index in [2.05, 4.69) is 22.4 Å². The van der Waals surface area contributed by atoms with Gasteiger partial charge in [-0.1, -0.05) is 48.9 Å². The molecule has 6 heteroatoms. The van der Waals surface area contributed by atoms with Crippen LogP contribution in [0.25, 0.3) is 10.9 Å². The molecule has 0 radical (unpaired) electrons. The number of nitrogens with one attached hydrogen (secondary N) is 2. The van der Waals surface area contributed by atoms with Gasteiger partial charge in [-0.15, -0.1) is 0 Å². The Balaban J connectivity index is 1.38. The van der Waals surface area contributed by atoms with Crippen LogP contribution >= 0.6 is 0 Å². The highest BCUT2D eigenvalue weighted by Gasteiger charge is 2.09. The minimum Gasteiger partial charge on any atom is -0.354 e. The van der Waals surface area contributed by atoms with Gasteiger partial charge >= 0.3 is 5.69 Å². The number of hydrogen-bond donors (Lipinski definition) is 2. The second-order valence-corrected chi connectivity index (χ2v) is 7.74. The van der Waals surface area contributed by atoms with Crippen molar-refractivity contribution in [2.24, 2.45) is 0 Å². The third-order valence-electron chi connectivity index (χ3n) is 5.29. The van der Waals surface area contributed by atoms with Crippen molar-refractivity contribution in [2.75, 3.05) is 0 Å². The van der Waals surface area contributed by atoms with Crippen molar-refractivity contribution in [1.82, 2.24) is 14.9 Å². The van der Waals surface area contributed by atoms with Crippen LogP contribution in [-0.4, -0.2) is 21.5 Å². The standard InChI is InChI=1S/C24H29N3O3/c1-18(15-16-19-10-4-2-5-11-19)25-22(28)14-6-3-9-17-27-23(29)20-12-7-8-13-21(20)26-24(27)30/h2,4-5,7-8,10-13,18H,3,6,9,14-17H2,1H3,(H,25,28)(H,26,30). The first-order valence-corrected chi connectivity index (χ1v) is 10.6. The van der Waals surface area contributed by atoms with Gasteiger partial charge in [-0.3, -0.25) is 14.2 Å². The molecule has 0 fully saturated rings. The minimum absolute atomic E-state index is 0.0521. The van der Waals surface area contributed by atoms with Crippen LogP contribution in [0.1, 0.15) is 44.6 Å². The fourth-order valence-electron chi connectivity index (χ4n) is 3.58. The van der Waals surface area contributed by atoms with Crippen LogP contribution in [0.2, 0.25) is 0 Å². The van der Waals surface area contributed by atoms with Crippen molar-refractivity contribution in [3.63, 3.8) is 0 Å². The molecule has 0 spiro atoms. The first-order valence-electron chi connectivity index (χ1n) is 10.6. The van der Waals surface area contributed by atoms with Crippen LogP contribution in [-0.2, 0) is 17.8 Å². The fourth-order valence-corrected chi connectivity index (χ4v) is 3.58. The SMILES string of the molecule is CC(CCc1ccccc1)NC(=O)CCCCCn1c(=O)[nH]c2ccccc2c1=O. The van der Waals surface area contributed by atoms with Crippen molar-refractivity contribution >= 4 is 16.8 Å². The maximum Gasteiger partial charge on any atom is 0.328 e. The number of carbonyl (C=O) groups is 1. The fraction of sp³-hybridized carbons (Fsp3) is 0.375. The molecule has 3 aromatic rings. The Morgan fingerprint density at radius 1 is 1.00 bits per heavy atom. The van der Waals surface area contributed by atoms with Crippen LogP contribution in [0.15, 0.2) is 64.2 Å². The number of para-hydroxylation sites is 1. The molecule has 0 aliphatic rings. The number of amides is 1. The van der Waals surface area contributed by atoms with Crippen molar-refractivity contribution in [1.29, 1.82) is 0 Å². The predicted molar refractivity (Wildman–Crippen MR) is 120 cm³/mol. The Hall–Kier alpha value is -3.15. The van der Waals surface area contributed by atoms with Crippen LogP contribution < -0.4 is 16.6 Å². The van der Waals surface area contributed by atoms with Crippen LogP contribution in [0.3, 0.4) is 0 Å². The van der Waals surface area contributed by atoms with Crippen molar-refractivity contribution < 1.29 is 4.79 Å². The number of aromatic amines is 1. The Kier molecular flexibility index (Phi) is 7.60. The smallest absolute Gasteiger partial charge is 0.328 e. The lowest BCUT2D eigenvalue weighted by atomic mass is 10.1. The number of unbranched alkanes of at least 4 members (excludes halogenated alkanes) is 2. The molecule has 0 aliphatic carbocycles. The van der Waals surface area contributed by atoms with Crippen LogP contribution in [0.4, 0.5) is 0 Å². The molecule has 0 aliphatic heterocycles. The van der Waals surface area contributed by atoms with Gasteiger partial charge in [0.2, 0.25) is 5.91 Å². The summed E-state index contributed by atoms with van der Waals surface area (Å²) < 4.78 is 1.24. The normalized spacial score (nSPS) is 12.0. The van der Waals surface area contributed by atoms with Gasteiger partial charge in [0.15, 0.2) is 0 Å². The lowest BCUT2D eigenvalue weighted by Crippen LogP contribution is -2.35. The highest BCUT2D eigenvalue weighted by atomic mass is 16.2. The van der Waals surface area contributed by atoms with Gasteiger partial charge in [-0.2, -0.15) is 0 Å². The van der Waals surface area contributed by atoms with Crippen LogP contribution in [0, 0.1) is 0 Å². The molecule has 0 bridgehead atoms. The average Bonchev–Trinajstić information content (AvgIpc) is 2.75. The predicted octanol–water partition coefficient (Wildman–Crippen LogP) is 3.39. The number of H-pyrrole nitrogens is 1. The topological polar surface area (TPSA) is 84.0 Å². The van der Waals surface area contributed by atoms with Gasteiger partial charge < -0.3 is 10.3 Å². The maximum atomic E-state index is 12.5. The Morgan fingerprint density at radius 2 is 1.73 bits per heavy atom. The number of hydrogen-bond acceptors (Lipinski definition) is 3. The van der Waals surface area contributed by atoms with Crippen molar-refractivity contribution in [3.8, 4) is 0 Å². The van der Waals surface area contributed by atoms with E-state index in [0.717, 1.165) is 25.7 Å². The van der Waals surface area contributed by atoms with E-state index in [-0.39, 0.29) is 23.2 Å². The summed E-state index contributed by atoms with van der Waals surface area (Å²) in [6.45, 7) is 2.38. The summed E-state index contributed by atoms with van der Waals surface area (Å²) in [5, 5.41) is 3.56. The van der Waals surface area contributed by atoms with E-state index in [0.29, 0.717) is 30.3 Å². The number of carbonyl (C=O) groups excluding carboxylic acids is 1. The second kappa shape index (κ2) is 10.6. The van der Waals surface area contributed by atoms with Gasteiger partial charge in [0.25, 0.3) is 5.56 Å². The molecule has 0 saturated carbocycles. The minimum atomic E-state index is -0.385. The van der Waals surface area contributed by atoms with Gasteiger partial charge in [0, 0.05) is 19.0 Å². The van der Waals surface area contributed by atoms with Crippen LogP contribution in [0.5, 0.6) is 0 Å².